The fraction of sp³-hybridized carbons (Fsp3) is 0.0625. The molecule has 0 bridgehead atoms. The molecule has 0 saturated heterocycles. The minimum Gasteiger partial charge on any atom is -0.397 e. The van der Waals surface area contributed by atoms with Crippen LogP contribution < -0.4 is 5.73 Å². The average molecular weight is 234 g/mol. The zero-order valence-corrected chi connectivity index (χ0v) is 10.2. The third-order valence-electron chi connectivity index (χ3n) is 3.18. The number of aryl methyl sites for hydroxylation is 1. The van der Waals surface area contributed by atoms with E-state index in [1.165, 1.54) is 21.9 Å². The Morgan fingerprint density at radius 1 is 0.944 bits per heavy atom. The van der Waals surface area contributed by atoms with Gasteiger partial charge in [-0.1, -0.05) is 36.4 Å². The lowest BCUT2D eigenvalue weighted by Crippen LogP contribution is -1.91. The summed E-state index contributed by atoms with van der Waals surface area (Å²) < 4.78 is 0. The zero-order valence-electron chi connectivity index (χ0n) is 10.2. The van der Waals surface area contributed by atoms with Crippen molar-refractivity contribution in [1.82, 2.24) is 4.98 Å². The second-order valence-corrected chi connectivity index (χ2v) is 4.46. The lowest BCUT2D eigenvalue weighted by molar-refractivity contribution is 1.32. The van der Waals surface area contributed by atoms with E-state index in [1.807, 2.05) is 12.1 Å². The van der Waals surface area contributed by atoms with Crippen LogP contribution in [0.1, 0.15) is 5.56 Å². The molecule has 1 aromatic heterocycles. The first kappa shape index (κ1) is 10.8. The molecule has 0 aliphatic carbocycles. The van der Waals surface area contributed by atoms with E-state index in [4.69, 9.17) is 5.73 Å². The highest BCUT2D eigenvalue weighted by Gasteiger charge is 2.07. The molecule has 0 aliphatic heterocycles. The number of anilines is 1. The Kier molecular flexibility index (Phi) is 2.49. The van der Waals surface area contributed by atoms with Crippen LogP contribution in [0.3, 0.4) is 0 Å². The van der Waals surface area contributed by atoms with Gasteiger partial charge in [0, 0.05) is 5.56 Å². The molecule has 0 fully saturated rings. The fourth-order valence-corrected chi connectivity index (χ4v) is 2.27. The highest BCUT2D eigenvalue weighted by molar-refractivity contribution is 5.97. The Hall–Kier alpha value is -2.35. The fourth-order valence-electron chi connectivity index (χ4n) is 2.27. The van der Waals surface area contributed by atoms with E-state index < -0.39 is 0 Å². The number of aromatic nitrogens is 1. The van der Waals surface area contributed by atoms with Gasteiger partial charge in [0.15, 0.2) is 0 Å². The molecule has 2 N–H and O–H groups in total. The molecule has 88 valence electrons. The Morgan fingerprint density at radius 3 is 2.56 bits per heavy atom. The van der Waals surface area contributed by atoms with Gasteiger partial charge in [0.2, 0.25) is 0 Å². The van der Waals surface area contributed by atoms with Gasteiger partial charge in [-0.25, -0.2) is 0 Å². The summed E-state index contributed by atoms with van der Waals surface area (Å²) in [6.07, 6.45) is 1.70. The number of hydrogen-bond acceptors (Lipinski definition) is 2. The summed E-state index contributed by atoms with van der Waals surface area (Å²) >= 11 is 0. The minimum absolute atomic E-state index is 0.691. The van der Waals surface area contributed by atoms with Gasteiger partial charge in [-0.3, -0.25) is 4.98 Å². The Balaban J connectivity index is 2.33. The van der Waals surface area contributed by atoms with Crippen LogP contribution in [-0.2, 0) is 0 Å². The van der Waals surface area contributed by atoms with E-state index in [9.17, 15) is 0 Å². The highest BCUT2D eigenvalue weighted by Crippen LogP contribution is 2.30. The quantitative estimate of drug-likeness (QED) is 0.695. The third-order valence-corrected chi connectivity index (χ3v) is 3.18. The van der Waals surface area contributed by atoms with Crippen LogP contribution in [0.4, 0.5) is 5.69 Å². The maximum atomic E-state index is 5.69. The highest BCUT2D eigenvalue weighted by atomic mass is 14.7. The smallest absolute Gasteiger partial charge is 0.0712 e. The monoisotopic (exact) mass is 234 g/mol. The van der Waals surface area contributed by atoms with Crippen LogP contribution in [0.15, 0.2) is 54.7 Å². The van der Waals surface area contributed by atoms with Gasteiger partial charge in [-0.05, 0) is 35.4 Å². The number of nitrogens with zero attached hydrogens (tertiary/aromatic N) is 1. The summed E-state index contributed by atoms with van der Waals surface area (Å²) in [6.45, 7) is 2.11. The molecule has 0 unspecified atom stereocenters. The van der Waals surface area contributed by atoms with Crippen molar-refractivity contribution in [3.05, 3.63) is 60.3 Å². The van der Waals surface area contributed by atoms with E-state index in [-0.39, 0.29) is 0 Å². The number of pyridine rings is 1. The predicted molar refractivity (Wildman–Crippen MR) is 76.3 cm³/mol. The van der Waals surface area contributed by atoms with Crippen molar-refractivity contribution in [2.75, 3.05) is 5.73 Å². The largest absolute Gasteiger partial charge is 0.397 e. The zero-order chi connectivity index (χ0) is 12.5. The van der Waals surface area contributed by atoms with Gasteiger partial charge >= 0.3 is 0 Å². The maximum absolute atomic E-state index is 5.69. The van der Waals surface area contributed by atoms with Crippen molar-refractivity contribution < 1.29 is 0 Å². The summed E-state index contributed by atoms with van der Waals surface area (Å²) in [5.74, 6) is 0. The van der Waals surface area contributed by atoms with Gasteiger partial charge in [-0.2, -0.15) is 0 Å². The van der Waals surface area contributed by atoms with Crippen molar-refractivity contribution in [2.45, 2.75) is 6.92 Å². The summed E-state index contributed by atoms with van der Waals surface area (Å²) in [5, 5.41) is 2.46. The number of fused-ring (bicyclic) bond motifs is 1. The van der Waals surface area contributed by atoms with E-state index in [0.717, 1.165) is 5.69 Å². The van der Waals surface area contributed by atoms with E-state index in [2.05, 4.69) is 48.3 Å². The Bertz CT molecular complexity index is 700. The topological polar surface area (TPSA) is 38.9 Å². The van der Waals surface area contributed by atoms with Gasteiger partial charge in [-0.15, -0.1) is 0 Å². The molecular formula is C16H14N2. The van der Waals surface area contributed by atoms with Crippen molar-refractivity contribution in [3.63, 3.8) is 0 Å². The van der Waals surface area contributed by atoms with Crippen molar-refractivity contribution >= 4 is 16.5 Å². The molecule has 1 heterocycles. The van der Waals surface area contributed by atoms with Crippen molar-refractivity contribution in [1.29, 1.82) is 0 Å². The van der Waals surface area contributed by atoms with E-state index in [1.54, 1.807) is 6.20 Å². The Labute approximate surface area is 106 Å². The molecule has 2 heteroatoms. The summed E-state index contributed by atoms with van der Waals surface area (Å²) in [4.78, 5) is 4.43. The average Bonchev–Trinajstić information content (AvgIpc) is 2.40. The number of benzene rings is 2. The summed E-state index contributed by atoms with van der Waals surface area (Å²) in [7, 11) is 0. The first-order chi connectivity index (χ1) is 8.75. The van der Waals surface area contributed by atoms with E-state index >= 15 is 0 Å². The number of nitrogen functional groups attached to an aromatic ring is 1. The van der Waals surface area contributed by atoms with Gasteiger partial charge in [0.05, 0.1) is 17.6 Å². The molecule has 0 aliphatic rings. The second kappa shape index (κ2) is 4.15. The van der Waals surface area contributed by atoms with Crippen molar-refractivity contribution in [3.8, 4) is 11.3 Å². The van der Waals surface area contributed by atoms with Crippen molar-refractivity contribution in [2.24, 2.45) is 0 Å². The summed E-state index contributed by atoms with van der Waals surface area (Å²) in [6, 6.07) is 16.5. The minimum atomic E-state index is 0.691. The Morgan fingerprint density at radius 2 is 1.78 bits per heavy atom. The maximum Gasteiger partial charge on any atom is 0.0712 e. The molecule has 2 aromatic carbocycles. The summed E-state index contributed by atoms with van der Waals surface area (Å²) in [5.41, 5.74) is 9.77. The lowest BCUT2D eigenvalue weighted by Gasteiger charge is -2.10. The standard InChI is InChI=1S/C16H14N2/c1-11-6-7-12-4-2-3-5-14(12)16(11)15-9-8-13(17)10-18-15/h2-10H,17H2,1H3. The first-order valence-corrected chi connectivity index (χ1v) is 5.96. The molecule has 0 amide bonds. The molecule has 0 saturated carbocycles. The van der Waals surface area contributed by atoms with Gasteiger partial charge in [0.1, 0.15) is 0 Å². The van der Waals surface area contributed by atoms with Crippen LogP contribution in [0, 0.1) is 6.92 Å². The second-order valence-electron chi connectivity index (χ2n) is 4.46. The third kappa shape index (κ3) is 1.72. The SMILES string of the molecule is Cc1ccc2ccccc2c1-c1ccc(N)cn1. The first-order valence-electron chi connectivity index (χ1n) is 5.96. The lowest BCUT2D eigenvalue weighted by atomic mass is 9.97. The van der Waals surface area contributed by atoms with Gasteiger partial charge in [0.25, 0.3) is 0 Å². The molecule has 0 spiro atoms. The normalized spacial score (nSPS) is 10.7. The van der Waals surface area contributed by atoms with E-state index in [0.29, 0.717) is 5.69 Å². The van der Waals surface area contributed by atoms with Gasteiger partial charge < -0.3 is 5.73 Å². The molecule has 0 atom stereocenters. The molecular weight excluding hydrogens is 220 g/mol. The number of nitrogens with two attached hydrogens (primary N) is 1. The van der Waals surface area contributed by atoms with Crippen LogP contribution in [-0.4, -0.2) is 4.98 Å². The molecule has 18 heavy (non-hydrogen) atoms. The molecule has 2 nitrogen and oxygen atoms in total. The number of hydrogen-bond donors (Lipinski definition) is 1. The van der Waals surface area contributed by atoms with Crippen LogP contribution >= 0.6 is 0 Å². The van der Waals surface area contributed by atoms with Crippen LogP contribution in [0.2, 0.25) is 0 Å². The van der Waals surface area contributed by atoms with Crippen LogP contribution in [0.25, 0.3) is 22.0 Å². The number of rotatable bonds is 1. The molecule has 3 rings (SSSR count). The molecule has 3 aromatic rings. The molecule has 0 radical (unpaired) electrons. The predicted octanol–water partition coefficient (Wildman–Crippen LogP) is 3.79. The van der Waals surface area contributed by atoms with Crippen LogP contribution in [0.5, 0.6) is 0 Å².